The molecule has 0 fully saturated rings. The lowest BCUT2D eigenvalue weighted by Gasteiger charge is -2.10. The largest absolute Gasteiger partial charge is 0.327 e. The van der Waals surface area contributed by atoms with Crippen LogP contribution >= 0.6 is 23.2 Å². The summed E-state index contributed by atoms with van der Waals surface area (Å²) in [6, 6.07) is 5.48. The summed E-state index contributed by atoms with van der Waals surface area (Å²) in [6.45, 7) is 2.84. The van der Waals surface area contributed by atoms with Crippen molar-refractivity contribution in [2.45, 2.75) is 25.3 Å². The lowest BCUT2D eigenvalue weighted by atomic mass is 10.3. The molecule has 1 heterocycles. The molecule has 21 heavy (non-hydrogen) atoms. The van der Waals surface area contributed by atoms with Gasteiger partial charge >= 0.3 is 0 Å². The first-order valence-corrected chi connectivity index (χ1v) is 9.23. The molecule has 0 saturated heterocycles. The molecule has 1 aromatic heterocycles. The normalized spacial score (nSPS) is 13.7. The molecule has 0 spiro atoms. The van der Waals surface area contributed by atoms with Gasteiger partial charge in [0, 0.05) is 18.1 Å². The summed E-state index contributed by atoms with van der Waals surface area (Å²) in [5.41, 5.74) is 1.74. The second-order valence-electron chi connectivity index (χ2n) is 4.89. The lowest BCUT2D eigenvalue weighted by molar-refractivity contribution is 0.573. The van der Waals surface area contributed by atoms with Crippen molar-refractivity contribution in [1.82, 2.24) is 14.3 Å². The van der Waals surface area contributed by atoms with Gasteiger partial charge in [0.15, 0.2) is 0 Å². The Morgan fingerprint density at radius 1 is 1.43 bits per heavy atom. The molecular weight excluding hydrogens is 333 g/mol. The Balaban J connectivity index is 2.24. The topological polar surface area (TPSA) is 64.0 Å². The van der Waals surface area contributed by atoms with Crippen LogP contribution in [0.2, 0.25) is 5.02 Å². The average Bonchev–Trinajstić information content (AvgIpc) is 2.72. The molecule has 1 aromatic carbocycles. The van der Waals surface area contributed by atoms with E-state index in [0.717, 1.165) is 23.1 Å². The van der Waals surface area contributed by atoms with Gasteiger partial charge in [0.05, 0.1) is 22.7 Å². The minimum absolute atomic E-state index is 0.237. The van der Waals surface area contributed by atoms with Crippen LogP contribution in [0.25, 0.3) is 11.0 Å². The number of nitrogens with one attached hydrogen (secondary N) is 1. The molecule has 0 amide bonds. The zero-order valence-electron chi connectivity index (χ0n) is 11.8. The van der Waals surface area contributed by atoms with Gasteiger partial charge < -0.3 is 4.57 Å². The second-order valence-corrected chi connectivity index (χ2v) is 7.81. The molecule has 0 aliphatic carbocycles. The fourth-order valence-electron chi connectivity index (χ4n) is 2.15. The van der Waals surface area contributed by atoms with E-state index in [4.69, 9.17) is 23.2 Å². The molecule has 5 nitrogen and oxygen atoms in total. The highest BCUT2D eigenvalue weighted by Gasteiger charge is 2.15. The standard InChI is InChI=1S/C13H17Cl2N3O2S/c1-9(14)13-17-11-5-4-10(15)8-12(11)18(13)7-3-6-16-21(2,19)20/h4-5,8-9,16H,3,6-7H2,1-2H3. The van der Waals surface area contributed by atoms with Gasteiger partial charge in [-0.25, -0.2) is 18.1 Å². The maximum atomic E-state index is 11.1. The molecule has 0 aliphatic rings. The van der Waals surface area contributed by atoms with Gasteiger partial charge in [-0.2, -0.15) is 0 Å². The summed E-state index contributed by atoms with van der Waals surface area (Å²) in [6.07, 6.45) is 1.79. The van der Waals surface area contributed by atoms with Gasteiger partial charge in [-0.05, 0) is 31.5 Å². The molecule has 1 atom stereocenters. The van der Waals surface area contributed by atoms with E-state index < -0.39 is 10.0 Å². The zero-order chi connectivity index (χ0) is 15.6. The van der Waals surface area contributed by atoms with Crippen molar-refractivity contribution in [1.29, 1.82) is 0 Å². The van der Waals surface area contributed by atoms with Gasteiger partial charge in [0.1, 0.15) is 5.82 Å². The maximum Gasteiger partial charge on any atom is 0.208 e. The number of fused-ring (bicyclic) bond motifs is 1. The summed E-state index contributed by atoms with van der Waals surface area (Å²) in [5, 5.41) is 0.394. The number of imidazole rings is 1. The number of aromatic nitrogens is 2. The summed E-state index contributed by atoms with van der Waals surface area (Å²) < 4.78 is 26.6. The summed E-state index contributed by atoms with van der Waals surface area (Å²) in [4.78, 5) is 4.51. The van der Waals surface area contributed by atoms with Gasteiger partial charge in [-0.15, -0.1) is 11.6 Å². The quantitative estimate of drug-likeness (QED) is 0.644. The molecule has 2 rings (SSSR count). The lowest BCUT2D eigenvalue weighted by Crippen LogP contribution is -2.24. The Morgan fingerprint density at radius 2 is 2.14 bits per heavy atom. The predicted octanol–water partition coefficient (Wildman–Crippen LogP) is 2.93. The summed E-state index contributed by atoms with van der Waals surface area (Å²) in [7, 11) is -3.16. The highest BCUT2D eigenvalue weighted by atomic mass is 35.5. The van der Waals surface area contributed by atoms with Crippen molar-refractivity contribution in [3.05, 3.63) is 29.0 Å². The number of sulfonamides is 1. The molecular formula is C13H17Cl2N3O2S. The van der Waals surface area contributed by atoms with Crippen LogP contribution < -0.4 is 4.72 Å². The van der Waals surface area contributed by atoms with Crippen molar-refractivity contribution in [2.75, 3.05) is 12.8 Å². The van der Waals surface area contributed by atoms with E-state index in [1.54, 1.807) is 6.07 Å². The van der Waals surface area contributed by atoms with Crippen LogP contribution in [0.3, 0.4) is 0 Å². The molecule has 1 N–H and O–H groups in total. The third kappa shape index (κ3) is 4.32. The van der Waals surface area contributed by atoms with E-state index in [1.165, 1.54) is 0 Å². The highest BCUT2D eigenvalue weighted by molar-refractivity contribution is 7.88. The van der Waals surface area contributed by atoms with Gasteiger partial charge in [0.25, 0.3) is 0 Å². The number of hydrogen-bond donors (Lipinski definition) is 1. The molecule has 2 aromatic rings. The fourth-order valence-corrected chi connectivity index (χ4v) is 3.00. The molecule has 1 unspecified atom stereocenters. The van der Waals surface area contributed by atoms with E-state index in [-0.39, 0.29) is 5.38 Å². The van der Waals surface area contributed by atoms with Crippen molar-refractivity contribution in [2.24, 2.45) is 0 Å². The van der Waals surface area contributed by atoms with E-state index >= 15 is 0 Å². The number of rotatable bonds is 6. The third-order valence-corrected chi connectivity index (χ3v) is 4.18. The Labute approximate surface area is 134 Å². The molecule has 0 aliphatic heterocycles. The van der Waals surface area contributed by atoms with Crippen LogP contribution in [-0.2, 0) is 16.6 Å². The van der Waals surface area contributed by atoms with Crippen molar-refractivity contribution in [3.63, 3.8) is 0 Å². The number of alkyl halides is 1. The summed E-state index contributed by atoms with van der Waals surface area (Å²) in [5.74, 6) is 0.758. The number of nitrogens with zero attached hydrogens (tertiary/aromatic N) is 2. The molecule has 116 valence electrons. The molecule has 0 radical (unpaired) electrons. The Kier molecular flexibility index (Phi) is 5.14. The van der Waals surface area contributed by atoms with Crippen LogP contribution in [0, 0.1) is 0 Å². The van der Waals surface area contributed by atoms with Crippen LogP contribution in [-0.4, -0.2) is 30.8 Å². The Hall–Kier alpha value is -0.820. The first kappa shape index (κ1) is 16.5. The van der Waals surface area contributed by atoms with Gasteiger partial charge in [-0.3, -0.25) is 0 Å². The van der Waals surface area contributed by atoms with Gasteiger partial charge in [-0.1, -0.05) is 11.6 Å². The van der Waals surface area contributed by atoms with Gasteiger partial charge in [0.2, 0.25) is 10.0 Å². The number of halogens is 2. The zero-order valence-corrected chi connectivity index (χ0v) is 14.1. The maximum absolute atomic E-state index is 11.1. The second kappa shape index (κ2) is 6.52. The van der Waals surface area contributed by atoms with Crippen LogP contribution in [0.5, 0.6) is 0 Å². The number of benzene rings is 1. The smallest absolute Gasteiger partial charge is 0.208 e. The first-order chi connectivity index (χ1) is 9.78. The molecule has 0 bridgehead atoms. The third-order valence-electron chi connectivity index (χ3n) is 3.02. The van der Waals surface area contributed by atoms with Crippen LogP contribution in [0.15, 0.2) is 18.2 Å². The van der Waals surface area contributed by atoms with Crippen molar-refractivity contribution >= 4 is 44.3 Å². The van der Waals surface area contributed by atoms with Crippen LogP contribution in [0.1, 0.15) is 24.5 Å². The predicted molar refractivity (Wildman–Crippen MR) is 86.5 cm³/mol. The minimum atomic E-state index is -3.16. The fraction of sp³-hybridized carbons (Fsp3) is 0.462. The van der Waals surface area contributed by atoms with Crippen molar-refractivity contribution < 1.29 is 8.42 Å². The SMILES string of the molecule is CC(Cl)c1nc2ccc(Cl)cc2n1CCCNS(C)(=O)=O. The van der Waals surface area contributed by atoms with E-state index in [1.807, 2.05) is 23.6 Å². The molecule has 0 saturated carbocycles. The Morgan fingerprint density at radius 3 is 2.76 bits per heavy atom. The van der Waals surface area contributed by atoms with E-state index in [9.17, 15) is 8.42 Å². The number of aryl methyl sites for hydroxylation is 1. The summed E-state index contributed by atoms with van der Waals surface area (Å²) >= 11 is 12.2. The average molecular weight is 350 g/mol. The van der Waals surface area contributed by atoms with Crippen LogP contribution in [0.4, 0.5) is 0 Å². The molecule has 8 heteroatoms. The highest BCUT2D eigenvalue weighted by Crippen LogP contribution is 2.26. The monoisotopic (exact) mass is 349 g/mol. The van der Waals surface area contributed by atoms with E-state index in [0.29, 0.717) is 24.5 Å². The Bertz CT molecular complexity index is 741. The minimum Gasteiger partial charge on any atom is -0.327 e. The number of hydrogen-bond acceptors (Lipinski definition) is 3. The van der Waals surface area contributed by atoms with E-state index in [2.05, 4.69) is 9.71 Å². The van der Waals surface area contributed by atoms with Crippen molar-refractivity contribution in [3.8, 4) is 0 Å². The first-order valence-electron chi connectivity index (χ1n) is 6.52.